The average molecular weight is 178 g/mol. The monoisotopic (exact) mass is 178 g/mol. The Kier molecular flexibility index (Phi) is 1.83. The standard InChI is InChI=1S/C9H14N4/c1-9(2-3-9)6-13-8-11-4-7(10)5-12-8/h4-5H,2-3,6,10H2,1H3,(H,11,12,13). The second-order valence-corrected chi connectivity index (χ2v) is 4.00. The third-order valence-electron chi connectivity index (χ3n) is 2.45. The molecule has 3 N–H and O–H groups in total. The predicted octanol–water partition coefficient (Wildman–Crippen LogP) is 1.27. The Hall–Kier alpha value is -1.32. The molecule has 1 aliphatic carbocycles. The van der Waals surface area contributed by atoms with E-state index in [0.29, 0.717) is 17.1 Å². The highest BCUT2D eigenvalue weighted by Crippen LogP contribution is 2.44. The van der Waals surface area contributed by atoms with Crippen molar-refractivity contribution >= 4 is 11.6 Å². The molecule has 0 spiro atoms. The quantitative estimate of drug-likeness (QED) is 0.731. The number of nitrogen functional groups attached to an aromatic ring is 1. The van der Waals surface area contributed by atoms with Crippen LogP contribution in [-0.4, -0.2) is 16.5 Å². The first-order valence-corrected chi connectivity index (χ1v) is 4.49. The normalized spacial score (nSPS) is 18.2. The minimum Gasteiger partial charge on any atom is -0.396 e. The van der Waals surface area contributed by atoms with Gasteiger partial charge in [-0.05, 0) is 18.3 Å². The topological polar surface area (TPSA) is 63.8 Å². The fourth-order valence-corrected chi connectivity index (χ4v) is 1.11. The predicted molar refractivity (Wildman–Crippen MR) is 52.3 cm³/mol. The van der Waals surface area contributed by atoms with Gasteiger partial charge in [0.25, 0.3) is 0 Å². The Morgan fingerprint density at radius 3 is 2.62 bits per heavy atom. The number of aromatic nitrogens is 2. The Balaban J connectivity index is 1.91. The molecule has 2 rings (SSSR count). The minimum absolute atomic E-state index is 0.477. The van der Waals surface area contributed by atoms with Crippen LogP contribution in [0, 0.1) is 5.41 Å². The molecule has 70 valence electrons. The van der Waals surface area contributed by atoms with Crippen molar-refractivity contribution < 1.29 is 0 Å². The van der Waals surface area contributed by atoms with E-state index >= 15 is 0 Å². The van der Waals surface area contributed by atoms with Gasteiger partial charge in [0.2, 0.25) is 5.95 Å². The maximum Gasteiger partial charge on any atom is 0.222 e. The number of nitrogens with zero attached hydrogens (tertiary/aromatic N) is 2. The largest absolute Gasteiger partial charge is 0.396 e. The van der Waals surface area contributed by atoms with Gasteiger partial charge in [-0.15, -0.1) is 0 Å². The Labute approximate surface area is 77.6 Å². The van der Waals surface area contributed by atoms with E-state index < -0.39 is 0 Å². The molecule has 1 aromatic heterocycles. The zero-order chi connectivity index (χ0) is 9.31. The summed E-state index contributed by atoms with van der Waals surface area (Å²) in [6, 6.07) is 0. The van der Waals surface area contributed by atoms with Crippen molar-refractivity contribution in [2.45, 2.75) is 19.8 Å². The highest BCUT2D eigenvalue weighted by atomic mass is 15.1. The van der Waals surface area contributed by atoms with Gasteiger partial charge in [-0.25, -0.2) is 9.97 Å². The molecule has 0 amide bonds. The number of hydrogen-bond donors (Lipinski definition) is 2. The molecule has 4 nitrogen and oxygen atoms in total. The van der Waals surface area contributed by atoms with Crippen LogP contribution in [0.4, 0.5) is 11.6 Å². The second-order valence-electron chi connectivity index (χ2n) is 4.00. The molecule has 1 aliphatic rings. The molecule has 4 heteroatoms. The zero-order valence-electron chi connectivity index (χ0n) is 7.75. The van der Waals surface area contributed by atoms with Crippen LogP contribution < -0.4 is 11.1 Å². The maximum atomic E-state index is 5.47. The fraction of sp³-hybridized carbons (Fsp3) is 0.556. The number of anilines is 2. The van der Waals surface area contributed by atoms with E-state index in [1.807, 2.05) is 0 Å². The zero-order valence-corrected chi connectivity index (χ0v) is 7.75. The lowest BCUT2D eigenvalue weighted by atomic mass is 10.1. The molecule has 0 bridgehead atoms. The second kappa shape index (κ2) is 2.87. The molecule has 1 fully saturated rings. The first-order valence-electron chi connectivity index (χ1n) is 4.49. The summed E-state index contributed by atoms with van der Waals surface area (Å²) in [5, 5.41) is 3.20. The Bertz CT molecular complexity index is 289. The van der Waals surface area contributed by atoms with Crippen molar-refractivity contribution in [3.63, 3.8) is 0 Å². The van der Waals surface area contributed by atoms with Crippen molar-refractivity contribution in [2.24, 2.45) is 5.41 Å². The third kappa shape index (κ3) is 2.08. The summed E-state index contributed by atoms with van der Waals surface area (Å²) in [4.78, 5) is 8.12. The van der Waals surface area contributed by atoms with Crippen molar-refractivity contribution in [3.8, 4) is 0 Å². The van der Waals surface area contributed by atoms with Crippen molar-refractivity contribution in [3.05, 3.63) is 12.4 Å². The lowest BCUT2D eigenvalue weighted by Gasteiger charge is -2.09. The van der Waals surface area contributed by atoms with Gasteiger partial charge in [-0.1, -0.05) is 6.92 Å². The van der Waals surface area contributed by atoms with E-state index in [2.05, 4.69) is 22.2 Å². The van der Waals surface area contributed by atoms with Gasteiger partial charge in [-0.3, -0.25) is 0 Å². The van der Waals surface area contributed by atoms with Crippen molar-refractivity contribution in [1.29, 1.82) is 0 Å². The van der Waals surface area contributed by atoms with E-state index in [1.165, 1.54) is 12.8 Å². The summed E-state index contributed by atoms with van der Waals surface area (Å²) in [7, 11) is 0. The Morgan fingerprint density at radius 2 is 2.08 bits per heavy atom. The van der Waals surface area contributed by atoms with Crippen LogP contribution in [-0.2, 0) is 0 Å². The molecule has 0 atom stereocenters. The molecular weight excluding hydrogens is 164 g/mol. The van der Waals surface area contributed by atoms with E-state index in [9.17, 15) is 0 Å². The first kappa shape index (κ1) is 8.29. The summed E-state index contributed by atoms with van der Waals surface area (Å²) in [6.45, 7) is 3.22. The van der Waals surface area contributed by atoms with Crippen LogP contribution in [0.1, 0.15) is 19.8 Å². The van der Waals surface area contributed by atoms with Crippen molar-refractivity contribution in [2.75, 3.05) is 17.6 Å². The molecule has 0 aliphatic heterocycles. The van der Waals surface area contributed by atoms with Gasteiger partial charge in [0.1, 0.15) is 0 Å². The summed E-state index contributed by atoms with van der Waals surface area (Å²) >= 11 is 0. The number of nitrogens with two attached hydrogens (primary N) is 1. The van der Waals surface area contributed by atoms with Crippen LogP contribution >= 0.6 is 0 Å². The maximum absolute atomic E-state index is 5.47. The van der Waals surface area contributed by atoms with Gasteiger partial charge < -0.3 is 11.1 Å². The summed E-state index contributed by atoms with van der Waals surface area (Å²) in [6.07, 6.45) is 5.83. The van der Waals surface area contributed by atoms with Gasteiger partial charge in [0, 0.05) is 6.54 Å². The van der Waals surface area contributed by atoms with Crippen LogP contribution in [0.3, 0.4) is 0 Å². The Morgan fingerprint density at radius 1 is 1.46 bits per heavy atom. The summed E-state index contributed by atoms with van der Waals surface area (Å²) in [5.41, 5.74) is 6.55. The van der Waals surface area contributed by atoms with E-state index in [0.717, 1.165) is 6.54 Å². The third-order valence-corrected chi connectivity index (χ3v) is 2.45. The van der Waals surface area contributed by atoms with Gasteiger partial charge >= 0.3 is 0 Å². The van der Waals surface area contributed by atoms with Crippen LogP contribution in [0.15, 0.2) is 12.4 Å². The smallest absolute Gasteiger partial charge is 0.222 e. The number of rotatable bonds is 3. The number of hydrogen-bond acceptors (Lipinski definition) is 4. The van der Waals surface area contributed by atoms with Gasteiger partial charge in [-0.2, -0.15) is 0 Å². The highest BCUT2D eigenvalue weighted by molar-refractivity contribution is 5.36. The van der Waals surface area contributed by atoms with Crippen LogP contribution in [0.25, 0.3) is 0 Å². The molecule has 0 radical (unpaired) electrons. The van der Waals surface area contributed by atoms with E-state index in [1.54, 1.807) is 12.4 Å². The average Bonchev–Trinajstić information content (AvgIpc) is 2.84. The number of nitrogens with one attached hydrogen (secondary N) is 1. The summed E-state index contributed by atoms with van der Waals surface area (Å²) < 4.78 is 0. The summed E-state index contributed by atoms with van der Waals surface area (Å²) in [5.74, 6) is 0.669. The molecule has 0 unspecified atom stereocenters. The lowest BCUT2D eigenvalue weighted by molar-refractivity contribution is 0.608. The SMILES string of the molecule is CC1(CNc2ncc(N)cn2)CC1. The molecule has 13 heavy (non-hydrogen) atoms. The van der Waals surface area contributed by atoms with Crippen molar-refractivity contribution in [1.82, 2.24) is 9.97 Å². The molecule has 1 heterocycles. The molecule has 1 saturated carbocycles. The first-order chi connectivity index (χ1) is 6.18. The van der Waals surface area contributed by atoms with E-state index in [-0.39, 0.29) is 0 Å². The highest BCUT2D eigenvalue weighted by Gasteiger charge is 2.36. The lowest BCUT2D eigenvalue weighted by Crippen LogP contribution is -2.13. The molecule has 1 aromatic rings. The minimum atomic E-state index is 0.477. The fourth-order valence-electron chi connectivity index (χ4n) is 1.11. The van der Waals surface area contributed by atoms with Crippen LogP contribution in [0.5, 0.6) is 0 Å². The van der Waals surface area contributed by atoms with Gasteiger partial charge in [0.05, 0.1) is 18.1 Å². The van der Waals surface area contributed by atoms with Gasteiger partial charge in [0.15, 0.2) is 0 Å². The molecular formula is C9H14N4. The molecule has 0 aromatic carbocycles. The molecule has 0 saturated heterocycles. The van der Waals surface area contributed by atoms with E-state index in [4.69, 9.17) is 5.73 Å². The van der Waals surface area contributed by atoms with Crippen LogP contribution in [0.2, 0.25) is 0 Å².